The van der Waals surface area contributed by atoms with Crippen molar-refractivity contribution in [2.24, 2.45) is 46.3 Å². The second kappa shape index (κ2) is 8.02. The third-order valence-electron chi connectivity index (χ3n) is 10.4. The molecule has 4 rings (SSSR count). The fraction of sp³-hybridized carbons (Fsp3) is 1.00. The summed E-state index contributed by atoms with van der Waals surface area (Å²) in [6.07, 6.45) is 6.28. The molecule has 11 atom stereocenters. The van der Waals surface area contributed by atoms with Crippen LogP contribution in [-0.2, 0) is 0 Å². The zero-order chi connectivity index (χ0) is 22.1. The Bertz CT molecular complexity index is 639. The average Bonchev–Trinajstić information content (AvgIpc) is 3.00. The molecule has 4 aliphatic carbocycles. The molecule has 0 unspecified atom stereocenters. The maximum atomic E-state index is 11.5. The van der Waals surface area contributed by atoms with Gasteiger partial charge in [-0.25, -0.2) is 0 Å². The zero-order valence-corrected chi connectivity index (χ0v) is 20.1. The van der Waals surface area contributed by atoms with E-state index < -0.39 is 4.52 Å². The van der Waals surface area contributed by atoms with Crippen LogP contribution in [0, 0.1) is 46.3 Å². The van der Waals surface area contributed by atoms with Crippen LogP contribution in [0.1, 0.15) is 78.6 Å². The molecular weight excluding hydrogens is 423 g/mol. The van der Waals surface area contributed by atoms with Crippen molar-refractivity contribution in [2.45, 2.75) is 101 Å². The van der Waals surface area contributed by atoms with Gasteiger partial charge in [0.15, 0.2) is 0 Å². The van der Waals surface area contributed by atoms with Gasteiger partial charge in [-0.15, -0.1) is 0 Å². The van der Waals surface area contributed by atoms with Crippen molar-refractivity contribution in [3.8, 4) is 0 Å². The monoisotopic (exact) mass is 462 g/mol. The second-order valence-corrected chi connectivity index (χ2v) is 13.2. The number of fused-ring (bicyclic) bond motifs is 5. The van der Waals surface area contributed by atoms with E-state index in [4.69, 9.17) is 23.2 Å². The maximum Gasteiger partial charge on any atom is 0.214 e. The Hall–Kier alpha value is 0.420. The van der Waals surface area contributed by atoms with Crippen LogP contribution in [0.3, 0.4) is 0 Å². The average molecular weight is 463 g/mol. The SMILES string of the molecule is C[C@@H](CCC(O)(Cl)Cl)[C@H]1CC[C@@H]2[C@H]3[C@H](O)C[C@@H]4C[C@H](O)CC[C@]4(C)[C@@H]3C[C@H](O)[C@@]21C. The van der Waals surface area contributed by atoms with E-state index in [9.17, 15) is 20.4 Å². The Kier molecular flexibility index (Phi) is 6.30. The van der Waals surface area contributed by atoms with Gasteiger partial charge in [0, 0.05) is 6.42 Å². The topological polar surface area (TPSA) is 80.9 Å². The van der Waals surface area contributed by atoms with Gasteiger partial charge in [0.2, 0.25) is 4.52 Å². The van der Waals surface area contributed by atoms with Crippen molar-refractivity contribution in [3.63, 3.8) is 0 Å². The Labute approximate surface area is 191 Å². The van der Waals surface area contributed by atoms with Crippen molar-refractivity contribution in [3.05, 3.63) is 0 Å². The predicted molar refractivity (Wildman–Crippen MR) is 119 cm³/mol. The van der Waals surface area contributed by atoms with Crippen molar-refractivity contribution in [1.82, 2.24) is 0 Å². The highest BCUT2D eigenvalue weighted by Crippen LogP contribution is 2.68. The first kappa shape index (κ1) is 23.6. The molecule has 0 amide bonds. The van der Waals surface area contributed by atoms with Gasteiger partial charge in [-0.05, 0) is 97.7 Å². The Morgan fingerprint density at radius 1 is 1.00 bits per heavy atom. The van der Waals surface area contributed by atoms with Crippen LogP contribution in [0.15, 0.2) is 0 Å². The van der Waals surface area contributed by atoms with Crippen LogP contribution >= 0.6 is 23.2 Å². The molecular formula is C24H40Cl2O4. The summed E-state index contributed by atoms with van der Waals surface area (Å²) in [4.78, 5) is 0. The van der Waals surface area contributed by atoms with Gasteiger partial charge in [0.05, 0.1) is 18.3 Å². The first-order chi connectivity index (χ1) is 13.9. The van der Waals surface area contributed by atoms with E-state index in [1.807, 2.05) is 0 Å². The summed E-state index contributed by atoms with van der Waals surface area (Å²) >= 11 is 11.6. The summed E-state index contributed by atoms with van der Waals surface area (Å²) in [5, 5.41) is 42.8. The van der Waals surface area contributed by atoms with Crippen LogP contribution < -0.4 is 0 Å². The molecule has 174 valence electrons. The molecule has 30 heavy (non-hydrogen) atoms. The Balaban J connectivity index is 1.59. The summed E-state index contributed by atoms with van der Waals surface area (Å²) in [7, 11) is 0. The van der Waals surface area contributed by atoms with E-state index in [1.54, 1.807) is 0 Å². The summed E-state index contributed by atoms with van der Waals surface area (Å²) < 4.78 is -1.70. The van der Waals surface area contributed by atoms with Gasteiger partial charge in [0.25, 0.3) is 0 Å². The van der Waals surface area contributed by atoms with Crippen molar-refractivity contribution >= 4 is 23.2 Å². The summed E-state index contributed by atoms with van der Waals surface area (Å²) in [5.74, 6) is 1.82. The van der Waals surface area contributed by atoms with E-state index in [1.165, 1.54) is 0 Å². The minimum atomic E-state index is -1.70. The lowest BCUT2D eigenvalue weighted by Gasteiger charge is -2.63. The largest absolute Gasteiger partial charge is 0.393 e. The molecule has 4 saturated carbocycles. The van der Waals surface area contributed by atoms with Gasteiger partial charge in [-0.3, -0.25) is 0 Å². The molecule has 4 fully saturated rings. The molecule has 4 aliphatic rings. The van der Waals surface area contributed by atoms with Gasteiger partial charge in [-0.2, -0.15) is 0 Å². The van der Waals surface area contributed by atoms with Gasteiger partial charge < -0.3 is 20.4 Å². The smallest absolute Gasteiger partial charge is 0.214 e. The number of aliphatic hydroxyl groups excluding tert-OH is 3. The first-order valence-corrected chi connectivity index (χ1v) is 12.8. The molecule has 0 bridgehead atoms. The third kappa shape index (κ3) is 3.76. The van der Waals surface area contributed by atoms with E-state index in [2.05, 4.69) is 20.8 Å². The van der Waals surface area contributed by atoms with Crippen molar-refractivity contribution in [2.75, 3.05) is 0 Å². The predicted octanol–water partition coefficient (Wildman–Crippen LogP) is 4.49. The fourth-order valence-corrected chi connectivity index (χ4v) is 8.95. The standard InChI is InChI=1S/C24H40Cl2O4/c1-13(6-9-24(25,26)30)16-4-5-17-21-18(12-20(29)23(16,17)3)22(2)8-7-15(27)10-14(22)11-19(21)28/h13-21,27-30H,4-12H2,1-3H3/t13-,14-,15+,16+,17+,18+,19+,20-,21+,22-,23+/m0/s1. The summed E-state index contributed by atoms with van der Waals surface area (Å²) in [6.45, 7) is 6.79. The lowest BCUT2D eigenvalue weighted by Crippen LogP contribution is -2.62. The lowest BCUT2D eigenvalue weighted by molar-refractivity contribution is -0.207. The molecule has 0 aromatic heterocycles. The first-order valence-electron chi connectivity index (χ1n) is 12.0. The second-order valence-electron chi connectivity index (χ2n) is 11.7. The van der Waals surface area contributed by atoms with E-state index in [0.717, 1.165) is 51.4 Å². The van der Waals surface area contributed by atoms with Crippen LogP contribution in [0.25, 0.3) is 0 Å². The van der Waals surface area contributed by atoms with E-state index in [-0.39, 0.29) is 35.1 Å². The van der Waals surface area contributed by atoms with Gasteiger partial charge in [0.1, 0.15) is 0 Å². The lowest BCUT2D eigenvalue weighted by atomic mass is 9.43. The van der Waals surface area contributed by atoms with Gasteiger partial charge in [-0.1, -0.05) is 44.0 Å². The highest BCUT2D eigenvalue weighted by Gasteiger charge is 2.65. The molecule has 0 spiro atoms. The van der Waals surface area contributed by atoms with Crippen LogP contribution in [0.5, 0.6) is 0 Å². The molecule has 0 heterocycles. The van der Waals surface area contributed by atoms with Crippen molar-refractivity contribution < 1.29 is 20.4 Å². The number of rotatable bonds is 4. The summed E-state index contributed by atoms with van der Waals surface area (Å²) in [5.41, 5.74) is -0.126. The quantitative estimate of drug-likeness (QED) is 0.464. The number of hydrogen-bond donors (Lipinski definition) is 4. The molecule has 6 heteroatoms. The number of alkyl halides is 2. The highest BCUT2D eigenvalue weighted by atomic mass is 35.5. The van der Waals surface area contributed by atoms with E-state index in [0.29, 0.717) is 36.0 Å². The molecule has 0 aromatic rings. The summed E-state index contributed by atoms with van der Waals surface area (Å²) in [6, 6.07) is 0. The molecule has 0 aromatic carbocycles. The molecule has 0 radical (unpaired) electrons. The molecule has 4 nitrogen and oxygen atoms in total. The number of halogens is 2. The Morgan fingerprint density at radius 3 is 2.37 bits per heavy atom. The molecule has 0 saturated heterocycles. The number of hydrogen-bond acceptors (Lipinski definition) is 4. The van der Waals surface area contributed by atoms with Crippen molar-refractivity contribution in [1.29, 1.82) is 0 Å². The highest BCUT2D eigenvalue weighted by molar-refractivity contribution is 6.46. The molecule has 4 N–H and O–H groups in total. The fourth-order valence-electron chi connectivity index (χ4n) is 8.73. The minimum Gasteiger partial charge on any atom is -0.393 e. The van der Waals surface area contributed by atoms with E-state index >= 15 is 0 Å². The minimum absolute atomic E-state index is 0.100. The Morgan fingerprint density at radius 2 is 1.70 bits per heavy atom. The maximum absolute atomic E-state index is 11.5. The third-order valence-corrected chi connectivity index (χ3v) is 10.8. The van der Waals surface area contributed by atoms with Crippen LogP contribution in [0.4, 0.5) is 0 Å². The zero-order valence-electron chi connectivity index (χ0n) is 18.6. The van der Waals surface area contributed by atoms with Crippen LogP contribution in [-0.4, -0.2) is 43.3 Å². The normalized spacial score (nSPS) is 52.3. The molecule has 0 aliphatic heterocycles. The number of aliphatic hydroxyl groups is 4. The van der Waals surface area contributed by atoms with Gasteiger partial charge >= 0.3 is 0 Å². The van der Waals surface area contributed by atoms with Crippen LogP contribution in [0.2, 0.25) is 0 Å².